The van der Waals surface area contributed by atoms with Crippen LogP contribution in [0, 0.1) is 22.7 Å². The Morgan fingerprint density at radius 3 is 1.00 bits per heavy atom. The van der Waals surface area contributed by atoms with E-state index in [1.54, 1.807) is 0 Å². The highest BCUT2D eigenvalue weighted by Crippen LogP contribution is 2.43. The molecule has 0 fully saturated rings. The van der Waals surface area contributed by atoms with Crippen LogP contribution in [-0.2, 0) is 0 Å². The fourth-order valence-electron chi connectivity index (χ4n) is 11.1. The van der Waals surface area contributed by atoms with Gasteiger partial charge in [0.25, 0.3) is 0 Å². The molecule has 362 valence electrons. The van der Waals surface area contributed by atoms with Crippen molar-refractivity contribution < 1.29 is 0 Å². The average Bonchev–Trinajstić information content (AvgIpc) is 4.26. The summed E-state index contributed by atoms with van der Waals surface area (Å²) < 4.78 is 4.67. The van der Waals surface area contributed by atoms with Crippen molar-refractivity contribution in [2.75, 3.05) is 0 Å². The summed E-state index contributed by atoms with van der Waals surface area (Å²) in [5.41, 5.74) is 17.9. The zero-order valence-corrected chi connectivity index (χ0v) is 42.0. The third-order valence-electron chi connectivity index (χ3n) is 14.9. The number of fused-ring (bicyclic) bond motifs is 6. The van der Waals surface area contributed by atoms with E-state index >= 15 is 0 Å². The first-order chi connectivity index (χ1) is 38.6. The molecule has 0 amide bonds. The molecule has 14 aromatic rings. The van der Waals surface area contributed by atoms with Crippen molar-refractivity contribution in [1.29, 1.82) is 10.5 Å². The lowest BCUT2D eigenvalue weighted by Crippen LogP contribution is -2.06. The Kier molecular flexibility index (Phi) is 11.1. The summed E-state index contributed by atoms with van der Waals surface area (Å²) in [4.78, 5) is 16.6. The maximum Gasteiger partial charge on any atom is 0.166 e. The third-order valence-corrected chi connectivity index (χ3v) is 14.9. The van der Waals surface area contributed by atoms with Crippen LogP contribution < -0.4 is 0 Å². The van der Waals surface area contributed by atoms with Gasteiger partial charge in [0.15, 0.2) is 17.5 Å². The normalized spacial score (nSPS) is 11.3. The van der Waals surface area contributed by atoms with E-state index in [4.69, 9.17) is 15.0 Å². The van der Waals surface area contributed by atoms with Crippen LogP contribution in [0.4, 0.5) is 0 Å². The lowest BCUT2D eigenvalue weighted by Gasteiger charge is -2.18. The summed E-state index contributed by atoms with van der Waals surface area (Å²) in [6, 6.07) is 94.6. The standard InChI is InChI=1S/C71H43N7/c72-44-46-24-28-50(29-25-46)55-34-38-67(77-63-22-12-10-20-57(63)59-40-53(32-36-65(59)77)48-14-4-1-5-15-48)61(42-55)70-74-69(52-18-8-3-9-19-52)75-71(76-70)62-43-56(51-30-26-47(45-73)27-31-51)35-39-68(62)78-64-23-13-11-21-58(64)60-41-54(33-37-66(60)78)49-16-6-2-7-17-49/h1-43H. The summed E-state index contributed by atoms with van der Waals surface area (Å²) in [5.74, 6) is 1.49. The topological polar surface area (TPSA) is 96.1 Å². The second-order valence-electron chi connectivity index (χ2n) is 19.4. The van der Waals surface area contributed by atoms with Crippen molar-refractivity contribution in [3.63, 3.8) is 0 Å². The quantitative estimate of drug-likeness (QED) is 0.144. The van der Waals surface area contributed by atoms with Gasteiger partial charge in [0.1, 0.15) is 0 Å². The van der Waals surface area contributed by atoms with E-state index in [0.717, 1.165) is 116 Å². The molecular formula is C71H43N7. The number of aromatic nitrogens is 5. The minimum absolute atomic E-state index is 0.487. The minimum Gasteiger partial charge on any atom is -0.309 e. The van der Waals surface area contributed by atoms with Gasteiger partial charge in [0, 0.05) is 38.2 Å². The molecule has 0 bridgehead atoms. The molecule has 0 saturated carbocycles. The van der Waals surface area contributed by atoms with E-state index in [1.807, 2.05) is 91.0 Å². The zero-order chi connectivity index (χ0) is 52.1. The van der Waals surface area contributed by atoms with E-state index < -0.39 is 0 Å². The fraction of sp³-hybridized carbons (Fsp3) is 0. The van der Waals surface area contributed by atoms with Crippen molar-refractivity contribution >= 4 is 43.6 Å². The van der Waals surface area contributed by atoms with Crippen LogP contribution in [0.2, 0.25) is 0 Å². The molecular weight excluding hydrogens is 951 g/mol. The Morgan fingerprint density at radius 2 is 0.577 bits per heavy atom. The summed E-state index contributed by atoms with van der Waals surface area (Å²) in [5, 5.41) is 24.1. The van der Waals surface area contributed by atoms with Crippen LogP contribution in [0.1, 0.15) is 11.1 Å². The lowest BCUT2D eigenvalue weighted by molar-refractivity contribution is 1.06. The monoisotopic (exact) mass is 993 g/mol. The second kappa shape index (κ2) is 19.1. The van der Waals surface area contributed by atoms with Crippen LogP contribution in [0.15, 0.2) is 261 Å². The molecule has 14 rings (SSSR count). The molecule has 0 radical (unpaired) electrons. The molecule has 0 aliphatic heterocycles. The Hall–Kier alpha value is -11.0. The third kappa shape index (κ3) is 7.95. The van der Waals surface area contributed by atoms with Crippen molar-refractivity contribution in [1.82, 2.24) is 24.1 Å². The predicted octanol–water partition coefficient (Wildman–Crippen LogP) is 17.5. The smallest absolute Gasteiger partial charge is 0.166 e. The number of hydrogen-bond acceptors (Lipinski definition) is 5. The van der Waals surface area contributed by atoms with Crippen molar-refractivity contribution in [2.45, 2.75) is 0 Å². The van der Waals surface area contributed by atoms with Gasteiger partial charge in [0.2, 0.25) is 0 Å². The van der Waals surface area contributed by atoms with Gasteiger partial charge in [-0.25, -0.2) is 15.0 Å². The second-order valence-corrected chi connectivity index (χ2v) is 19.4. The summed E-state index contributed by atoms with van der Waals surface area (Å²) in [6.07, 6.45) is 0. The van der Waals surface area contributed by atoms with E-state index in [1.165, 1.54) is 0 Å². The Labute approximate surface area is 450 Å². The number of hydrogen-bond donors (Lipinski definition) is 0. The number of benzene rings is 11. The number of para-hydroxylation sites is 2. The maximum atomic E-state index is 9.78. The van der Waals surface area contributed by atoms with Crippen LogP contribution in [0.25, 0.3) is 134 Å². The van der Waals surface area contributed by atoms with Crippen molar-refractivity contribution in [2.24, 2.45) is 0 Å². The van der Waals surface area contributed by atoms with Crippen LogP contribution in [0.3, 0.4) is 0 Å². The maximum absolute atomic E-state index is 9.78. The van der Waals surface area contributed by atoms with Gasteiger partial charge >= 0.3 is 0 Å². The zero-order valence-electron chi connectivity index (χ0n) is 42.0. The molecule has 7 heteroatoms. The molecule has 0 unspecified atom stereocenters. The van der Waals surface area contributed by atoms with Crippen LogP contribution in [-0.4, -0.2) is 24.1 Å². The molecule has 7 nitrogen and oxygen atoms in total. The Bertz CT molecular complexity index is 4440. The van der Waals surface area contributed by atoms with E-state index in [2.05, 4.69) is 191 Å². The van der Waals surface area contributed by atoms with Gasteiger partial charge in [0.05, 0.1) is 56.7 Å². The average molecular weight is 994 g/mol. The molecule has 0 atom stereocenters. The van der Waals surface area contributed by atoms with Gasteiger partial charge < -0.3 is 9.13 Å². The van der Waals surface area contributed by atoms with Gasteiger partial charge in [-0.2, -0.15) is 10.5 Å². The molecule has 0 spiro atoms. The molecule has 11 aromatic carbocycles. The van der Waals surface area contributed by atoms with Crippen LogP contribution >= 0.6 is 0 Å². The van der Waals surface area contributed by atoms with E-state index in [0.29, 0.717) is 28.6 Å². The Morgan fingerprint density at radius 1 is 0.256 bits per heavy atom. The first-order valence-electron chi connectivity index (χ1n) is 25.9. The molecule has 0 aliphatic rings. The number of nitriles is 2. The van der Waals surface area contributed by atoms with Gasteiger partial charge in [-0.3, -0.25) is 0 Å². The molecule has 0 saturated heterocycles. The largest absolute Gasteiger partial charge is 0.309 e. The predicted molar refractivity (Wildman–Crippen MR) is 316 cm³/mol. The molecule has 78 heavy (non-hydrogen) atoms. The number of rotatable bonds is 9. The minimum atomic E-state index is 0.487. The highest BCUT2D eigenvalue weighted by molar-refractivity contribution is 6.12. The van der Waals surface area contributed by atoms with E-state index in [-0.39, 0.29) is 0 Å². The molecule has 0 aliphatic carbocycles. The van der Waals surface area contributed by atoms with Crippen molar-refractivity contribution in [3.05, 3.63) is 272 Å². The summed E-state index contributed by atoms with van der Waals surface area (Å²) >= 11 is 0. The van der Waals surface area contributed by atoms with Gasteiger partial charge in [-0.1, -0.05) is 176 Å². The molecule has 3 aromatic heterocycles. The first-order valence-corrected chi connectivity index (χ1v) is 25.9. The highest BCUT2D eigenvalue weighted by atomic mass is 15.1. The lowest BCUT2D eigenvalue weighted by atomic mass is 9.99. The number of nitrogens with zero attached hydrogens (tertiary/aromatic N) is 7. The van der Waals surface area contributed by atoms with Crippen LogP contribution in [0.5, 0.6) is 0 Å². The highest BCUT2D eigenvalue weighted by Gasteiger charge is 2.24. The summed E-state index contributed by atoms with van der Waals surface area (Å²) in [7, 11) is 0. The molecule has 0 N–H and O–H groups in total. The SMILES string of the molecule is N#Cc1ccc(-c2ccc(-n3c4ccccc4c4cc(-c5ccccc5)ccc43)c(-c3nc(-c4ccccc4)nc(-c4cc(-c5ccc(C#N)cc5)ccc4-n4c5ccccc5c5cc(-c6ccccc6)ccc54)n3)c2)cc1. The van der Waals surface area contributed by atoms with Gasteiger partial charge in [-0.15, -0.1) is 0 Å². The first kappa shape index (κ1) is 45.6. The fourth-order valence-corrected chi connectivity index (χ4v) is 11.1. The Balaban J connectivity index is 1.06. The van der Waals surface area contributed by atoms with E-state index in [9.17, 15) is 10.5 Å². The van der Waals surface area contributed by atoms with Crippen molar-refractivity contribution in [3.8, 4) is 102 Å². The van der Waals surface area contributed by atoms with Gasteiger partial charge in [-0.05, 0) is 129 Å². The summed E-state index contributed by atoms with van der Waals surface area (Å²) in [6.45, 7) is 0. The molecule has 3 heterocycles.